The molecule has 1 aliphatic carbocycles. The van der Waals surface area contributed by atoms with Gasteiger partial charge in [-0.3, -0.25) is 9.59 Å². The summed E-state index contributed by atoms with van der Waals surface area (Å²) in [5.74, 6) is -0.729. The van der Waals surface area contributed by atoms with Crippen molar-refractivity contribution < 1.29 is 22.8 Å². The predicted octanol–water partition coefficient (Wildman–Crippen LogP) is 5.15. The summed E-state index contributed by atoms with van der Waals surface area (Å²) in [4.78, 5) is 25.1. The number of para-hydroxylation sites is 1. The molecule has 0 aromatic heterocycles. The minimum Gasteiger partial charge on any atom is -0.348 e. The molecule has 1 fully saturated rings. The standard InChI is InChI=1S/C22H23F3N2O2/c23-22(24,25)18-12-6-4-10-16(18)14-26-21(29)17-11-5-7-13-19(17)27-20(28)15-8-2-1-3-9-15/h4-7,10-13,15H,1-3,8-9,14H2,(H,26,29)(H,27,28). The largest absolute Gasteiger partial charge is 0.416 e. The van der Waals surface area contributed by atoms with Gasteiger partial charge < -0.3 is 10.6 Å². The van der Waals surface area contributed by atoms with Crippen LogP contribution in [0.4, 0.5) is 18.9 Å². The number of nitrogens with one attached hydrogen (secondary N) is 2. The highest BCUT2D eigenvalue weighted by Gasteiger charge is 2.33. The maximum atomic E-state index is 13.1. The van der Waals surface area contributed by atoms with Gasteiger partial charge >= 0.3 is 6.18 Å². The van der Waals surface area contributed by atoms with Crippen LogP contribution in [0.5, 0.6) is 0 Å². The fourth-order valence-electron chi connectivity index (χ4n) is 3.61. The summed E-state index contributed by atoms with van der Waals surface area (Å²) in [5.41, 5.74) is -0.206. The van der Waals surface area contributed by atoms with Crippen LogP contribution in [0, 0.1) is 5.92 Å². The third-order valence-electron chi connectivity index (χ3n) is 5.17. The van der Waals surface area contributed by atoms with E-state index in [4.69, 9.17) is 0 Å². The molecule has 0 heterocycles. The van der Waals surface area contributed by atoms with Gasteiger partial charge in [0.1, 0.15) is 0 Å². The Morgan fingerprint density at radius 3 is 2.31 bits per heavy atom. The van der Waals surface area contributed by atoms with E-state index in [0.717, 1.165) is 38.2 Å². The monoisotopic (exact) mass is 404 g/mol. The molecule has 7 heteroatoms. The molecule has 0 radical (unpaired) electrons. The van der Waals surface area contributed by atoms with Crippen LogP contribution >= 0.6 is 0 Å². The number of alkyl halides is 3. The highest BCUT2D eigenvalue weighted by Crippen LogP contribution is 2.32. The molecule has 0 saturated heterocycles. The van der Waals surface area contributed by atoms with Crippen LogP contribution in [0.1, 0.15) is 53.6 Å². The van der Waals surface area contributed by atoms with Gasteiger partial charge in [0.15, 0.2) is 0 Å². The number of hydrogen-bond donors (Lipinski definition) is 2. The maximum Gasteiger partial charge on any atom is 0.416 e. The molecule has 29 heavy (non-hydrogen) atoms. The molecule has 2 aromatic carbocycles. The third kappa shape index (κ3) is 5.37. The van der Waals surface area contributed by atoms with E-state index in [9.17, 15) is 22.8 Å². The smallest absolute Gasteiger partial charge is 0.348 e. The van der Waals surface area contributed by atoms with Gasteiger partial charge in [-0.2, -0.15) is 13.2 Å². The lowest BCUT2D eigenvalue weighted by Crippen LogP contribution is -2.28. The number of halogens is 3. The van der Waals surface area contributed by atoms with E-state index in [0.29, 0.717) is 5.69 Å². The normalized spacial score (nSPS) is 15.0. The number of carbonyl (C=O) groups excluding carboxylic acids is 2. The van der Waals surface area contributed by atoms with Crippen molar-refractivity contribution in [3.05, 3.63) is 65.2 Å². The van der Waals surface area contributed by atoms with Crippen LogP contribution < -0.4 is 10.6 Å². The van der Waals surface area contributed by atoms with Crippen molar-refractivity contribution in [2.24, 2.45) is 5.92 Å². The Labute approximate surface area is 167 Å². The highest BCUT2D eigenvalue weighted by molar-refractivity contribution is 6.04. The lowest BCUT2D eigenvalue weighted by atomic mass is 9.88. The van der Waals surface area contributed by atoms with Crippen LogP contribution in [0.25, 0.3) is 0 Å². The van der Waals surface area contributed by atoms with Crippen LogP contribution in [0.2, 0.25) is 0 Å². The number of benzene rings is 2. The molecule has 0 aliphatic heterocycles. The molecule has 0 unspecified atom stereocenters. The molecule has 1 saturated carbocycles. The summed E-state index contributed by atoms with van der Waals surface area (Å²) in [6.07, 6.45) is 0.315. The quantitative estimate of drug-likeness (QED) is 0.724. The van der Waals surface area contributed by atoms with Crippen molar-refractivity contribution in [3.8, 4) is 0 Å². The summed E-state index contributed by atoms with van der Waals surface area (Å²) in [6.45, 7) is -0.264. The van der Waals surface area contributed by atoms with E-state index in [-0.39, 0.29) is 29.5 Å². The first-order valence-electron chi connectivity index (χ1n) is 9.69. The lowest BCUT2D eigenvalue weighted by molar-refractivity contribution is -0.138. The van der Waals surface area contributed by atoms with Gasteiger partial charge in [-0.15, -0.1) is 0 Å². The molecule has 2 amide bonds. The first-order chi connectivity index (χ1) is 13.9. The fraction of sp³-hybridized carbons (Fsp3) is 0.364. The second kappa shape index (κ2) is 9.11. The maximum absolute atomic E-state index is 13.1. The van der Waals surface area contributed by atoms with E-state index in [2.05, 4.69) is 10.6 Å². The number of hydrogen-bond acceptors (Lipinski definition) is 2. The minimum atomic E-state index is -4.49. The second-order valence-corrected chi connectivity index (χ2v) is 7.21. The first-order valence-corrected chi connectivity index (χ1v) is 9.69. The average Bonchev–Trinajstić information content (AvgIpc) is 2.72. The molecule has 0 bridgehead atoms. The van der Waals surface area contributed by atoms with Gasteiger partial charge in [0, 0.05) is 12.5 Å². The van der Waals surface area contributed by atoms with E-state index in [1.165, 1.54) is 18.2 Å². The molecule has 3 rings (SSSR count). The van der Waals surface area contributed by atoms with Gasteiger partial charge in [-0.05, 0) is 36.6 Å². The van der Waals surface area contributed by atoms with Crippen LogP contribution in [-0.4, -0.2) is 11.8 Å². The third-order valence-corrected chi connectivity index (χ3v) is 5.17. The molecule has 2 aromatic rings. The van der Waals surface area contributed by atoms with E-state index < -0.39 is 17.6 Å². The SMILES string of the molecule is O=C(NCc1ccccc1C(F)(F)F)c1ccccc1NC(=O)C1CCCCC1. The van der Waals surface area contributed by atoms with Gasteiger partial charge in [-0.25, -0.2) is 0 Å². The van der Waals surface area contributed by atoms with Crippen LogP contribution in [0.3, 0.4) is 0 Å². The van der Waals surface area contributed by atoms with Crippen LogP contribution in [-0.2, 0) is 17.5 Å². The summed E-state index contributed by atoms with van der Waals surface area (Å²) in [7, 11) is 0. The van der Waals surface area contributed by atoms with E-state index in [1.54, 1.807) is 24.3 Å². The number of rotatable bonds is 5. The predicted molar refractivity (Wildman–Crippen MR) is 104 cm³/mol. The van der Waals surface area contributed by atoms with Crippen molar-refractivity contribution in [2.75, 3.05) is 5.32 Å². The molecule has 0 atom stereocenters. The Balaban J connectivity index is 1.70. The second-order valence-electron chi connectivity index (χ2n) is 7.21. The van der Waals surface area contributed by atoms with Crippen molar-refractivity contribution in [1.82, 2.24) is 5.32 Å². The molecular weight excluding hydrogens is 381 g/mol. The zero-order chi connectivity index (χ0) is 20.9. The molecule has 0 spiro atoms. The Bertz CT molecular complexity index is 874. The Kier molecular flexibility index (Phi) is 6.56. The number of amides is 2. The zero-order valence-electron chi connectivity index (χ0n) is 15.9. The zero-order valence-corrected chi connectivity index (χ0v) is 15.9. The summed E-state index contributed by atoms with van der Waals surface area (Å²) in [5, 5.41) is 5.35. The molecule has 4 nitrogen and oxygen atoms in total. The van der Waals surface area contributed by atoms with E-state index >= 15 is 0 Å². The Morgan fingerprint density at radius 2 is 1.59 bits per heavy atom. The summed E-state index contributed by atoms with van der Waals surface area (Å²) < 4.78 is 39.4. The average molecular weight is 404 g/mol. The number of anilines is 1. The molecule has 154 valence electrons. The summed E-state index contributed by atoms with van der Waals surface area (Å²) >= 11 is 0. The van der Waals surface area contributed by atoms with E-state index in [1.807, 2.05) is 0 Å². The topological polar surface area (TPSA) is 58.2 Å². The molecule has 2 N–H and O–H groups in total. The lowest BCUT2D eigenvalue weighted by Gasteiger charge is -2.21. The van der Waals surface area contributed by atoms with Gasteiger partial charge in [-0.1, -0.05) is 49.6 Å². The number of carbonyl (C=O) groups is 2. The Hall–Kier alpha value is -2.83. The van der Waals surface area contributed by atoms with Gasteiger partial charge in [0.25, 0.3) is 5.91 Å². The van der Waals surface area contributed by atoms with Crippen molar-refractivity contribution in [2.45, 2.75) is 44.8 Å². The van der Waals surface area contributed by atoms with Crippen molar-refractivity contribution in [3.63, 3.8) is 0 Å². The van der Waals surface area contributed by atoms with Crippen LogP contribution in [0.15, 0.2) is 48.5 Å². The molecular formula is C22H23F3N2O2. The molecule has 1 aliphatic rings. The summed E-state index contributed by atoms with van der Waals surface area (Å²) in [6, 6.07) is 11.6. The van der Waals surface area contributed by atoms with Crippen molar-refractivity contribution >= 4 is 17.5 Å². The van der Waals surface area contributed by atoms with Crippen molar-refractivity contribution in [1.29, 1.82) is 0 Å². The van der Waals surface area contributed by atoms with Gasteiger partial charge in [0.05, 0.1) is 16.8 Å². The fourth-order valence-corrected chi connectivity index (χ4v) is 3.61. The van der Waals surface area contributed by atoms with Gasteiger partial charge in [0.2, 0.25) is 5.91 Å². The first kappa shape index (κ1) is 20.9. The highest BCUT2D eigenvalue weighted by atomic mass is 19.4. The Morgan fingerprint density at radius 1 is 0.931 bits per heavy atom. The minimum absolute atomic E-state index is 0.0166.